The number of nitrogens with zero attached hydrogens (tertiary/aromatic N) is 3. The fraction of sp³-hybridized carbons (Fsp3) is 0.688. The molecule has 0 radical (unpaired) electrons. The van der Waals surface area contributed by atoms with Crippen LogP contribution in [0.2, 0.25) is 0 Å². The Labute approximate surface area is 156 Å². The highest BCUT2D eigenvalue weighted by Crippen LogP contribution is 2.31. The van der Waals surface area contributed by atoms with Gasteiger partial charge in [0.15, 0.2) is 10.8 Å². The first-order valence-electron chi connectivity index (χ1n) is 8.54. The largest absolute Gasteiger partial charge is 0.433 e. The molecule has 6 nitrogen and oxygen atoms in total. The van der Waals surface area contributed by atoms with E-state index in [4.69, 9.17) is 17.0 Å². The molecular weight excluding hydrogens is 367 g/mol. The van der Waals surface area contributed by atoms with Crippen molar-refractivity contribution in [3.63, 3.8) is 0 Å². The van der Waals surface area contributed by atoms with Crippen molar-refractivity contribution in [3.8, 4) is 0 Å². The number of thiocarbonyl (C=S) groups is 1. The van der Waals surface area contributed by atoms with Crippen LogP contribution in [0.25, 0.3) is 0 Å². The lowest BCUT2D eigenvalue weighted by atomic mass is 10.0. The Hall–Kier alpha value is -1.68. The van der Waals surface area contributed by atoms with Crippen LogP contribution in [-0.2, 0) is 10.9 Å². The van der Waals surface area contributed by atoms with E-state index >= 15 is 0 Å². The molecule has 0 bridgehead atoms. The number of nitrogens with one attached hydrogen (secondary N) is 2. The molecule has 1 aromatic rings. The summed E-state index contributed by atoms with van der Waals surface area (Å²) >= 11 is 5.10. The molecule has 2 N–H and O–H groups in total. The Kier molecular flexibility index (Phi) is 7.39. The van der Waals surface area contributed by atoms with Gasteiger partial charge >= 0.3 is 6.18 Å². The zero-order valence-electron chi connectivity index (χ0n) is 14.9. The third-order valence-corrected chi connectivity index (χ3v) is 4.27. The molecule has 10 heteroatoms. The van der Waals surface area contributed by atoms with Crippen molar-refractivity contribution in [2.75, 3.05) is 43.6 Å². The number of methoxy groups -OCH3 is 1. The molecule has 0 spiro atoms. The molecule has 0 unspecified atom stereocenters. The van der Waals surface area contributed by atoms with E-state index in [0.717, 1.165) is 25.3 Å². The second-order valence-electron chi connectivity index (χ2n) is 6.35. The molecule has 2 heterocycles. The first kappa shape index (κ1) is 20.6. The Morgan fingerprint density at radius 3 is 2.85 bits per heavy atom. The average Bonchev–Trinajstić information content (AvgIpc) is 2.58. The molecule has 146 valence electrons. The Bertz CT molecular complexity index is 614. The highest BCUT2D eigenvalue weighted by Gasteiger charge is 2.34. The number of halogens is 3. The van der Waals surface area contributed by atoms with Gasteiger partial charge in [-0.1, -0.05) is 6.92 Å². The van der Waals surface area contributed by atoms with E-state index in [1.165, 1.54) is 0 Å². The maximum atomic E-state index is 13.2. The highest BCUT2D eigenvalue weighted by molar-refractivity contribution is 7.80. The van der Waals surface area contributed by atoms with Crippen LogP contribution >= 0.6 is 12.2 Å². The van der Waals surface area contributed by atoms with Gasteiger partial charge in [-0.05, 0) is 37.4 Å². The minimum absolute atomic E-state index is 0.155. The number of piperidine rings is 1. The molecule has 0 saturated carbocycles. The van der Waals surface area contributed by atoms with Crippen LogP contribution in [0.5, 0.6) is 0 Å². The zero-order chi connectivity index (χ0) is 19.2. The summed E-state index contributed by atoms with van der Waals surface area (Å²) in [5.41, 5.74) is -0.981. The minimum atomic E-state index is -4.55. The first-order chi connectivity index (χ1) is 12.3. The SMILES string of the molecule is COCCCNC(=S)Nc1nc(N2CCC[C@H](C)C2)cc(C(F)(F)F)n1. The lowest BCUT2D eigenvalue weighted by Crippen LogP contribution is -2.36. The van der Waals surface area contributed by atoms with Crippen LogP contribution in [-0.4, -0.2) is 48.4 Å². The topological polar surface area (TPSA) is 62.3 Å². The molecule has 0 aliphatic carbocycles. The van der Waals surface area contributed by atoms with Crippen molar-refractivity contribution in [1.82, 2.24) is 15.3 Å². The first-order valence-corrected chi connectivity index (χ1v) is 8.95. The van der Waals surface area contributed by atoms with Gasteiger partial charge in [-0.3, -0.25) is 0 Å². The normalized spacial score (nSPS) is 17.9. The number of hydrogen-bond acceptors (Lipinski definition) is 5. The fourth-order valence-corrected chi connectivity index (χ4v) is 2.95. The molecule has 2 rings (SSSR count). The van der Waals surface area contributed by atoms with E-state index in [0.29, 0.717) is 32.2 Å². The number of ether oxygens (including phenoxy) is 1. The molecule has 26 heavy (non-hydrogen) atoms. The van der Waals surface area contributed by atoms with Gasteiger partial charge in [0, 0.05) is 39.4 Å². The lowest BCUT2D eigenvalue weighted by Gasteiger charge is -2.32. The second kappa shape index (κ2) is 9.31. The monoisotopic (exact) mass is 391 g/mol. The van der Waals surface area contributed by atoms with Gasteiger partial charge in [0.05, 0.1) is 0 Å². The van der Waals surface area contributed by atoms with E-state index in [1.807, 2.05) is 4.90 Å². The van der Waals surface area contributed by atoms with E-state index in [2.05, 4.69) is 27.5 Å². The predicted octanol–water partition coefficient (Wildman–Crippen LogP) is 3.05. The van der Waals surface area contributed by atoms with Crippen LogP contribution in [0.15, 0.2) is 6.07 Å². The third-order valence-electron chi connectivity index (χ3n) is 4.02. The molecular formula is C16H24F3N5OS. The smallest absolute Gasteiger partial charge is 0.385 e. The maximum absolute atomic E-state index is 13.2. The Morgan fingerprint density at radius 2 is 2.19 bits per heavy atom. The van der Waals surface area contributed by atoms with Crippen molar-refractivity contribution >= 4 is 29.1 Å². The number of hydrogen-bond donors (Lipinski definition) is 2. The van der Waals surface area contributed by atoms with Crippen LogP contribution in [0.1, 0.15) is 31.9 Å². The summed E-state index contributed by atoms with van der Waals surface area (Å²) in [7, 11) is 1.59. The van der Waals surface area contributed by atoms with Crippen molar-refractivity contribution < 1.29 is 17.9 Å². The summed E-state index contributed by atoms with van der Waals surface area (Å²) in [6, 6.07) is 0.998. The number of aromatic nitrogens is 2. The van der Waals surface area contributed by atoms with Gasteiger partial charge in [0.25, 0.3) is 0 Å². The van der Waals surface area contributed by atoms with Crippen molar-refractivity contribution in [2.24, 2.45) is 5.92 Å². The van der Waals surface area contributed by atoms with E-state index in [1.54, 1.807) is 7.11 Å². The molecule has 0 aromatic carbocycles. The van der Waals surface area contributed by atoms with Gasteiger partial charge in [-0.2, -0.15) is 18.2 Å². The minimum Gasteiger partial charge on any atom is -0.385 e. The van der Waals surface area contributed by atoms with Gasteiger partial charge in [-0.25, -0.2) is 4.98 Å². The summed E-state index contributed by atoms with van der Waals surface area (Å²) in [4.78, 5) is 9.68. The predicted molar refractivity (Wildman–Crippen MR) is 98.4 cm³/mol. The van der Waals surface area contributed by atoms with Crippen molar-refractivity contribution in [1.29, 1.82) is 0 Å². The number of alkyl halides is 3. The van der Waals surface area contributed by atoms with Crippen LogP contribution in [0.4, 0.5) is 24.9 Å². The summed E-state index contributed by atoms with van der Waals surface area (Å²) in [6.07, 6.45) is -1.84. The number of anilines is 2. The maximum Gasteiger partial charge on any atom is 0.433 e. The molecule has 1 fully saturated rings. The van der Waals surface area contributed by atoms with Gasteiger partial charge in [0.2, 0.25) is 5.95 Å². The van der Waals surface area contributed by atoms with E-state index in [9.17, 15) is 13.2 Å². The summed E-state index contributed by atoms with van der Waals surface area (Å²) in [5, 5.41) is 5.73. The standard InChI is InChI=1S/C16H24F3N5OS/c1-11-5-3-7-24(10-11)13-9-12(16(17,18)19)21-14(22-13)23-15(26)20-6-4-8-25-2/h9,11H,3-8,10H2,1-2H3,(H2,20,21,22,23,26)/t11-/m0/s1. The quantitative estimate of drug-likeness (QED) is 0.571. The molecule has 1 saturated heterocycles. The second-order valence-corrected chi connectivity index (χ2v) is 6.76. The number of rotatable bonds is 6. The summed E-state index contributed by atoms with van der Waals surface area (Å²) in [6.45, 7) is 4.53. The summed E-state index contributed by atoms with van der Waals surface area (Å²) < 4.78 is 44.6. The van der Waals surface area contributed by atoms with Gasteiger partial charge in [-0.15, -0.1) is 0 Å². The fourth-order valence-electron chi connectivity index (χ4n) is 2.76. The van der Waals surface area contributed by atoms with E-state index < -0.39 is 11.9 Å². The molecule has 0 amide bonds. The van der Waals surface area contributed by atoms with Crippen molar-refractivity contribution in [2.45, 2.75) is 32.4 Å². The summed E-state index contributed by atoms with van der Waals surface area (Å²) in [5.74, 6) is 0.522. The Balaban J connectivity index is 2.14. The van der Waals surface area contributed by atoms with Crippen LogP contribution in [0.3, 0.4) is 0 Å². The molecule has 1 atom stereocenters. The van der Waals surface area contributed by atoms with Gasteiger partial charge < -0.3 is 20.3 Å². The van der Waals surface area contributed by atoms with E-state index in [-0.39, 0.29) is 16.9 Å². The average molecular weight is 391 g/mol. The van der Waals surface area contributed by atoms with Crippen LogP contribution in [0, 0.1) is 5.92 Å². The van der Waals surface area contributed by atoms with Crippen LogP contribution < -0.4 is 15.5 Å². The van der Waals surface area contributed by atoms with Crippen molar-refractivity contribution in [3.05, 3.63) is 11.8 Å². The highest BCUT2D eigenvalue weighted by atomic mass is 32.1. The Morgan fingerprint density at radius 1 is 1.42 bits per heavy atom. The molecule has 1 aliphatic heterocycles. The molecule has 1 aromatic heterocycles. The third kappa shape index (κ3) is 6.24. The molecule has 1 aliphatic rings. The lowest BCUT2D eigenvalue weighted by molar-refractivity contribution is -0.141. The zero-order valence-corrected chi connectivity index (χ0v) is 15.7. The van der Waals surface area contributed by atoms with Gasteiger partial charge in [0.1, 0.15) is 5.82 Å².